The molecule has 0 unspecified atom stereocenters. The molecule has 5 heteroatoms. The normalized spacial score (nSPS) is 12.7. The number of para-hydroxylation sites is 6. The van der Waals surface area contributed by atoms with Crippen LogP contribution >= 0.6 is 0 Å². The van der Waals surface area contributed by atoms with E-state index < -0.39 is 0 Å². The summed E-state index contributed by atoms with van der Waals surface area (Å²) in [7, 11) is 0. The monoisotopic (exact) mass is 902 g/mol. The lowest BCUT2D eigenvalue weighted by molar-refractivity contribution is 1.18. The van der Waals surface area contributed by atoms with Crippen LogP contribution in [-0.2, 0) is 0 Å². The summed E-state index contributed by atoms with van der Waals surface area (Å²) in [5.74, 6) is 0. The summed E-state index contributed by atoms with van der Waals surface area (Å²) in [4.78, 5) is 4.99. The highest BCUT2D eigenvalue weighted by molar-refractivity contribution is 7.00. The third-order valence-electron chi connectivity index (χ3n) is 15.1. The minimum atomic E-state index is -0.0119. The van der Waals surface area contributed by atoms with Crippen LogP contribution < -0.4 is 26.2 Å². The molecule has 0 saturated heterocycles. The zero-order valence-electron chi connectivity index (χ0n) is 38.7. The summed E-state index contributed by atoms with van der Waals surface area (Å²) < 4.78 is 4.82. The lowest BCUT2D eigenvalue weighted by Crippen LogP contribution is -2.61. The van der Waals surface area contributed by atoms with Crippen molar-refractivity contribution in [3.8, 4) is 33.6 Å². The molecule has 13 aromatic rings. The molecule has 0 aliphatic carbocycles. The number of nitrogens with zero attached hydrogens (tertiary/aromatic N) is 4. The second kappa shape index (κ2) is 15.6. The molecule has 0 atom stereocenters. The first-order valence-corrected chi connectivity index (χ1v) is 24.5. The van der Waals surface area contributed by atoms with E-state index in [0.29, 0.717) is 0 Å². The molecule has 0 bridgehead atoms. The Labute approximate surface area is 412 Å². The number of aromatic nitrogens is 2. The molecule has 330 valence electrons. The maximum atomic E-state index is 2.49. The molecule has 2 aromatic heterocycles. The predicted molar refractivity (Wildman–Crippen MR) is 300 cm³/mol. The van der Waals surface area contributed by atoms with Gasteiger partial charge in [0, 0.05) is 67.0 Å². The van der Waals surface area contributed by atoms with Gasteiger partial charge in [-0.15, -0.1) is 0 Å². The minimum absolute atomic E-state index is 0.0119. The molecule has 0 radical (unpaired) electrons. The van der Waals surface area contributed by atoms with Gasteiger partial charge in [0.2, 0.25) is 0 Å². The van der Waals surface area contributed by atoms with E-state index in [9.17, 15) is 0 Å². The molecule has 71 heavy (non-hydrogen) atoms. The van der Waals surface area contributed by atoms with E-state index >= 15 is 0 Å². The molecule has 15 rings (SSSR count). The third kappa shape index (κ3) is 6.00. The molecule has 4 nitrogen and oxygen atoms in total. The Hall–Kier alpha value is -9.32. The van der Waals surface area contributed by atoms with Crippen LogP contribution in [0.4, 0.5) is 34.1 Å². The summed E-state index contributed by atoms with van der Waals surface area (Å²) in [5, 5.41) is 5.05. The smallest absolute Gasteiger partial charge is 0.252 e. The fraction of sp³-hybridized carbons (Fsp3) is 0. The molecule has 0 N–H and O–H groups in total. The lowest BCUT2D eigenvalue weighted by Gasteiger charge is -2.44. The van der Waals surface area contributed by atoms with Gasteiger partial charge in [-0.3, -0.25) is 0 Å². The maximum absolute atomic E-state index is 2.49. The Kier molecular flexibility index (Phi) is 8.72. The van der Waals surface area contributed by atoms with Crippen molar-refractivity contribution < 1.29 is 0 Å². The van der Waals surface area contributed by atoms with Crippen molar-refractivity contribution >= 4 is 101 Å². The van der Waals surface area contributed by atoms with Crippen molar-refractivity contribution in [2.45, 2.75) is 0 Å². The Morgan fingerprint density at radius 2 is 0.577 bits per heavy atom. The van der Waals surface area contributed by atoms with E-state index in [1.54, 1.807) is 0 Å². The summed E-state index contributed by atoms with van der Waals surface area (Å²) in [5.41, 5.74) is 22.7. The lowest BCUT2D eigenvalue weighted by atomic mass is 9.33. The predicted octanol–water partition coefficient (Wildman–Crippen LogP) is 15.3. The molecule has 2 aliphatic rings. The molecule has 0 fully saturated rings. The van der Waals surface area contributed by atoms with Crippen LogP contribution in [0.5, 0.6) is 0 Å². The number of hydrogen-bond donors (Lipinski definition) is 0. The maximum Gasteiger partial charge on any atom is 0.252 e. The summed E-state index contributed by atoms with van der Waals surface area (Å²) in [6, 6.07) is 96.1. The van der Waals surface area contributed by atoms with Crippen molar-refractivity contribution in [1.29, 1.82) is 0 Å². The highest BCUT2D eigenvalue weighted by atomic mass is 15.2. The van der Waals surface area contributed by atoms with Gasteiger partial charge in [-0.25, -0.2) is 0 Å². The third-order valence-corrected chi connectivity index (χ3v) is 15.1. The van der Waals surface area contributed by atoms with Gasteiger partial charge in [-0.1, -0.05) is 164 Å². The van der Waals surface area contributed by atoms with E-state index in [1.165, 1.54) is 105 Å². The second-order valence-corrected chi connectivity index (χ2v) is 18.9. The first-order valence-electron chi connectivity index (χ1n) is 24.5. The van der Waals surface area contributed by atoms with Gasteiger partial charge in [-0.2, -0.15) is 0 Å². The summed E-state index contributed by atoms with van der Waals surface area (Å²) >= 11 is 0. The molecule has 2 aliphatic heterocycles. The molecular formula is C66H43BN4. The van der Waals surface area contributed by atoms with Crippen LogP contribution in [0, 0.1) is 0 Å². The fourth-order valence-electron chi connectivity index (χ4n) is 12.0. The zero-order valence-corrected chi connectivity index (χ0v) is 38.7. The average molecular weight is 903 g/mol. The van der Waals surface area contributed by atoms with Gasteiger partial charge in [0.25, 0.3) is 6.71 Å². The molecular weight excluding hydrogens is 860 g/mol. The standard InChI is InChI=1S/C66H43BN4/c1-3-20-48(21-4-1)68-62-34-17-35-63-66(62)67(56-38-36-46(42-64(56)68)44-18-15-24-50(40-44)70-58-30-11-7-26-52(58)53-27-8-12-31-59(53)70)57-39-37-47(43-65(57)69(63)49-22-5-2-6-23-49)45-19-16-25-51(41-45)71-60-32-13-9-28-54(60)55-29-10-14-33-61(55)71/h1-43H. The molecule has 0 amide bonds. The van der Waals surface area contributed by atoms with E-state index in [2.05, 4.69) is 280 Å². The zero-order chi connectivity index (χ0) is 46.6. The number of anilines is 6. The van der Waals surface area contributed by atoms with Crippen molar-refractivity contribution in [2.75, 3.05) is 9.80 Å². The Balaban J connectivity index is 0.914. The first kappa shape index (κ1) is 39.7. The Morgan fingerprint density at radius 3 is 0.986 bits per heavy atom. The number of fused-ring (bicyclic) bond motifs is 10. The summed E-state index contributed by atoms with van der Waals surface area (Å²) in [6.07, 6.45) is 0. The second-order valence-electron chi connectivity index (χ2n) is 18.9. The first-order chi connectivity index (χ1) is 35.2. The van der Waals surface area contributed by atoms with Crippen molar-refractivity contribution in [1.82, 2.24) is 9.13 Å². The quantitative estimate of drug-likeness (QED) is 0.155. The number of benzene rings is 11. The van der Waals surface area contributed by atoms with Gasteiger partial charge in [0.05, 0.1) is 22.1 Å². The van der Waals surface area contributed by atoms with Gasteiger partial charge in [0.15, 0.2) is 0 Å². The Morgan fingerprint density at radius 1 is 0.239 bits per heavy atom. The molecule has 11 aromatic carbocycles. The molecule has 0 saturated carbocycles. The van der Waals surface area contributed by atoms with Crippen LogP contribution in [0.2, 0.25) is 0 Å². The van der Waals surface area contributed by atoms with E-state index in [0.717, 1.165) is 22.7 Å². The fourth-order valence-corrected chi connectivity index (χ4v) is 12.0. The van der Waals surface area contributed by atoms with E-state index in [1.807, 2.05) is 0 Å². The number of rotatable bonds is 6. The topological polar surface area (TPSA) is 16.3 Å². The minimum Gasteiger partial charge on any atom is -0.311 e. The van der Waals surface area contributed by atoms with Crippen LogP contribution in [0.25, 0.3) is 77.2 Å². The summed E-state index contributed by atoms with van der Waals surface area (Å²) in [6.45, 7) is -0.0119. The van der Waals surface area contributed by atoms with Crippen molar-refractivity contribution in [2.24, 2.45) is 0 Å². The largest absolute Gasteiger partial charge is 0.311 e. The van der Waals surface area contributed by atoms with Crippen LogP contribution in [0.1, 0.15) is 0 Å². The molecule has 4 heterocycles. The van der Waals surface area contributed by atoms with Gasteiger partial charge in [0.1, 0.15) is 0 Å². The van der Waals surface area contributed by atoms with Gasteiger partial charge >= 0.3 is 0 Å². The highest BCUT2D eigenvalue weighted by Gasteiger charge is 2.43. The van der Waals surface area contributed by atoms with Crippen LogP contribution in [0.15, 0.2) is 261 Å². The van der Waals surface area contributed by atoms with E-state index in [-0.39, 0.29) is 6.71 Å². The van der Waals surface area contributed by atoms with Crippen molar-refractivity contribution in [3.63, 3.8) is 0 Å². The van der Waals surface area contributed by atoms with Crippen molar-refractivity contribution in [3.05, 3.63) is 261 Å². The van der Waals surface area contributed by atoms with Crippen LogP contribution in [0.3, 0.4) is 0 Å². The highest BCUT2D eigenvalue weighted by Crippen LogP contribution is 2.46. The van der Waals surface area contributed by atoms with Gasteiger partial charge < -0.3 is 18.9 Å². The van der Waals surface area contributed by atoms with Gasteiger partial charge in [-0.05, 0) is 136 Å². The number of hydrogen-bond acceptors (Lipinski definition) is 2. The van der Waals surface area contributed by atoms with Crippen LogP contribution in [-0.4, -0.2) is 15.8 Å². The molecule has 0 spiro atoms. The SMILES string of the molecule is c1ccc(N2c3cc(-c4cccc(-n5c6ccccc6c6ccccc65)c4)ccc3B3c4ccc(-c5cccc(-n6c7ccccc7c7ccccc76)c5)cc4N(c4ccccc4)c4cccc2c43)cc1. The Bertz CT molecular complexity index is 3890. The van der Waals surface area contributed by atoms with E-state index in [4.69, 9.17) is 0 Å². The average Bonchev–Trinajstić information content (AvgIpc) is 3.96.